The Bertz CT molecular complexity index is 328. The van der Waals surface area contributed by atoms with Gasteiger partial charge in [-0.1, -0.05) is 6.07 Å². The van der Waals surface area contributed by atoms with Crippen LogP contribution in [0, 0.1) is 0 Å². The molecule has 0 aromatic carbocycles. The van der Waals surface area contributed by atoms with Crippen LogP contribution in [-0.4, -0.2) is 27.8 Å². The number of aliphatic hydroxyl groups is 1. The van der Waals surface area contributed by atoms with E-state index in [2.05, 4.69) is 10.3 Å². The van der Waals surface area contributed by atoms with Crippen molar-refractivity contribution < 1.29 is 15.0 Å². The van der Waals surface area contributed by atoms with Gasteiger partial charge in [-0.15, -0.1) is 0 Å². The largest absolute Gasteiger partial charge is 0.465 e. The second-order valence-electron chi connectivity index (χ2n) is 3.10. The third kappa shape index (κ3) is 3.95. The van der Waals surface area contributed by atoms with Crippen LogP contribution >= 0.6 is 0 Å². The molecule has 0 atom stereocenters. The number of aryl methyl sites for hydroxylation is 1. The molecule has 0 spiro atoms. The molecule has 5 nitrogen and oxygen atoms in total. The van der Waals surface area contributed by atoms with Gasteiger partial charge in [0.1, 0.15) is 0 Å². The van der Waals surface area contributed by atoms with Gasteiger partial charge in [-0.25, -0.2) is 4.79 Å². The number of nitrogens with one attached hydrogen (secondary N) is 1. The minimum absolute atomic E-state index is 0.0808. The van der Waals surface area contributed by atoms with Crippen molar-refractivity contribution in [3.63, 3.8) is 0 Å². The van der Waals surface area contributed by atoms with Crippen LogP contribution in [0.4, 0.5) is 4.79 Å². The number of aliphatic hydroxyl groups excluding tert-OH is 1. The molecule has 3 N–H and O–H groups in total. The molecule has 15 heavy (non-hydrogen) atoms. The van der Waals surface area contributed by atoms with Crippen LogP contribution < -0.4 is 5.32 Å². The molecule has 1 rings (SSSR count). The molecule has 1 aromatic heterocycles. The lowest BCUT2D eigenvalue weighted by Gasteiger charge is -2.05. The Morgan fingerprint density at radius 3 is 3.00 bits per heavy atom. The molecule has 82 valence electrons. The van der Waals surface area contributed by atoms with E-state index in [9.17, 15) is 4.79 Å². The summed E-state index contributed by atoms with van der Waals surface area (Å²) >= 11 is 0. The highest BCUT2D eigenvalue weighted by Gasteiger charge is 2.01. The van der Waals surface area contributed by atoms with Crippen molar-refractivity contribution in [2.75, 3.05) is 6.54 Å². The van der Waals surface area contributed by atoms with Gasteiger partial charge < -0.3 is 15.5 Å². The average molecular weight is 210 g/mol. The van der Waals surface area contributed by atoms with Crippen molar-refractivity contribution in [3.05, 3.63) is 29.6 Å². The predicted octanol–water partition coefficient (Wildman–Crippen LogP) is 0.774. The normalized spacial score (nSPS) is 9.93. The van der Waals surface area contributed by atoms with Crippen LogP contribution in [-0.2, 0) is 13.0 Å². The molecule has 0 aliphatic heterocycles. The molecule has 1 heterocycles. The van der Waals surface area contributed by atoms with E-state index in [0.717, 1.165) is 5.56 Å². The molecule has 0 saturated heterocycles. The summed E-state index contributed by atoms with van der Waals surface area (Å²) in [5.74, 6) is 0. The Kier molecular flexibility index (Phi) is 4.56. The van der Waals surface area contributed by atoms with Gasteiger partial charge in [-0.05, 0) is 24.5 Å². The Balaban J connectivity index is 2.39. The predicted molar refractivity (Wildman–Crippen MR) is 54.5 cm³/mol. The van der Waals surface area contributed by atoms with Gasteiger partial charge in [0.25, 0.3) is 0 Å². The van der Waals surface area contributed by atoms with Crippen LogP contribution in [0.5, 0.6) is 0 Å². The number of carboxylic acid groups (broad SMARTS) is 1. The SMILES string of the molecule is O=C(O)NCCCc1cccnc1CO. The van der Waals surface area contributed by atoms with Gasteiger partial charge >= 0.3 is 6.09 Å². The van der Waals surface area contributed by atoms with Crippen molar-refractivity contribution in [3.8, 4) is 0 Å². The standard InChI is InChI=1S/C10H14N2O3/c13-7-9-8(3-1-5-11-9)4-2-6-12-10(14)15/h1,3,5,12-13H,2,4,6-7H2,(H,14,15). The molecule has 5 heteroatoms. The molecule has 0 aliphatic rings. The van der Waals surface area contributed by atoms with E-state index in [1.54, 1.807) is 12.3 Å². The average Bonchev–Trinajstić information content (AvgIpc) is 2.24. The lowest BCUT2D eigenvalue weighted by atomic mass is 10.1. The van der Waals surface area contributed by atoms with E-state index in [1.807, 2.05) is 6.07 Å². The molecule has 0 saturated carbocycles. The molecular weight excluding hydrogens is 196 g/mol. The third-order valence-electron chi connectivity index (χ3n) is 2.03. The maximum atomic E-state index is 10.2. The molecule has 0 radical (unpaired) electrons. The second-order valence-corrected chi connectivity index (χ2v) is 3.10. The molecule has 0 unspecified atom stereocenters. The van der Waals surface area contributed by atoms with Gasteiger partial charge in [0.15, 0.2) is 0 Å². The van der Waals surface area contributed by atoms with E-state index in [4.69, 9.17) is 10.2 Å². The fourth-order valence-electron chi connectivity index (χ4n) is 1.32. The number of rotatable bonds is 5. The highest BCUT2D eigenvalue weighted by molar-refractivity contribution is 5.64. The summed E-state index contributed by atoms with van der Waals surface area (Å²) in [6.07, 6.45) is 2.03. The first kappa shape index (κ1) is 11.5. The van der Waals surface area contributed by atoms with E-state index >= 15 is 0 Å². The van der Waals surface area contributed by atoms with E-state index in [-0.39, 0.29) is 6.61 Å². The number of hydrogen-bond acceptors (Lipinski definition) is 3. The van der Waals surface area contributed by atoms with Gasteiger partial charge in [-0.2, -0.15) is 0 Å². The number of hydrogen-bond donors (Lipinski definition) is 3. The van der Waals surface area contributed by atoms with E-state index in [1.165, 1.54) is 0 Å². The number of carbonyl (C=O) groups is 1. The Morgan fingerprint density at radius 1 is 1.53 bits per heavy atom. The van der Waals surface area contributed by atoms with Crippen molar-refractivity contribution >= 4 is 6.09 Å². The van der Waals surface area contributed by atoms with Crippen LogP contribution in [0.3, 0.4) is 0 Å². The number of aromatic nitrogens is 1. The number of nitrogens with zero attached hydrogens (tertiary/aromatic N) is 1. The molecule has 0 aliphatic carbocycles. The summed E-state index contributed by atoms with van der Waals surface area (Å²) in [7, 11) is 0. The maximum absolute atomic E-state index is 10.2. The fourth-order valence-corrected chi connectivity index (χ4v) is 1.32. The smallest absolute Gasteiger partial charge is 0.404 e. The van der Waals surface area contributed by atoms with Crippen LogP contribution in [0.1, 0.15) is 17.7 Å². The highest BCUT2D eigenvalue weighted by Crippen LogP contribution is 2.07. The van der Waals surface area contributed by atoms with E-state index < -0.39 is 6.09 Å². The summed E-state index contributed by atoms with van der Waals surface area (Å²) in [4.78, 5) is 14.2. The summed E-state index contributed by atoms with van der Waals surface area (Å²) in [6, 6.07) is 3.69. The molecule has 1 aromatic rings. The van der Waals surface area contributed by atoms with Crippen molar-refractivity contribution in [2.24, 2.45) is 0 Å². The minimum atomic E-state index is -1.01. The first-order valence-corrected chi connectivity index (χ1v) is 4.74. The lowest BCUT2D eigenvalue weighted by molar-refractivity contribution is 0.194. The molecule has 1 amide bonds. The Morgan fingerprint density at radius 2 is 2.33 bits per heavy atom. The van der Waals surface area contributed by atoms with Gasteiger partial charge in [0.05, 0.1) is 12.3 Å². The minimum Gasteiger partial charge on any atom is -0.465 e. The van der Waals surface area contributed by atoms with Crippen molar-refractivity contribution in [1.29, 1.82) is 0 Å². The quantitative estimate of drug-likeness (QED) is 0.627. The van der Waals surface area contributed by atoms with Crippen molar-refractivity contribution in [1.82, 2.24) is 10.3 Å². The summed E-state index contributed by atoms with van der Waals surface area (Å²) in [5.41, 5.74) is 1.63. The van der Waals surface area contributed by atoms with Gasteiger partial charge in [-0.3, -0.25) is 4.98 Å². The first-order chi connectivity index (χ1) is 7.24. The zero-order chi connectivity index (χ0) is 11.1. The van der Waals surface area contributed by atoms with Crippen LogP contribution in [0.2, 0.25) is 0 Å². The topological polar surface area (TPSA) is 82.5 Å². The van der Waals surface area contributed by atoms with Crippen molar-refractivity contribution in [2.45, 2.75) is 19.4 Å². The highest BCUT2D eigenvalue weighted by atomic mass is 16.4. The van der Waals surface area contributed by atoms with Crippen LogP contribution in [0.15, 0.2) is 18.3 Å². The first-order valence-electron chi connectivity index (χ1n) is 4.74. The summed E-state index contributed by atoms with van der Waals surface area (Å²) in [6.45, 7) is 0.331. The molecule has 0 bridgehead atoms. The Hall–Kier alpha value is -1.62. The van der Waals surface area contributed by atoms with Gasteiger partial charge in [0.2, 0.25) is 0 Å². The fraction of sp³-hybridized carbons (Fsp3) is 0.400. The zero-order valence-corrected chi connectivity index (χ0v) is 8.31. The summed E-state index contributed by atoms with van der Waals surface area (Å²) in [5, 5.41) is 19.6. The second kappa shape index (κ2) is 5.98. The van der Waals surface area contributed by atoms with Crippen LogP contribution in [0.25, 0.3) is 0 Å². The molecule has 0 fully saturated rings. The monoisotopic (exact) mass is 210 g/mol. The Labute approximate surface area is 87.8 Å². The molecular formula is C10H14N2O3. The third-order valence-corrected chi connectivity index (χ3v) is 2.03. The zero-order valence-electron chi connectivity index (χ0n) is 8.31. The number of amides is 1. The summed E-state index contributed by atoms with van der Waals surface area (Å²) < 4.78 is 0. The maximum Gasteiger partial charge on any atom is 0.404 e. The van der Waals surface area contributed by atoms with Gasteiger partial charge in [0, 0.05) is 12.7 Å². The number of pyridine rings is 1. The van der Waals surface area contributed by atoms with E-state index in [0.29, 0.717) is 25.1 Å². The lowest BCUT2D eigenvalue weighted by Crippen LogP contribution is -2.22.